The number of fused-ring (bicyclic) bond motifs is 4. The molecule has 2 aliphatic carbocycles. The summed E-state index contributed by atoms with van der Waals surface area (Å²) in [4.78, 5) is 38.4. The number of hydrogen-bond acceptors (Lipinski definition) is 5. The maximum absolute atomic E-state index is 13.5. The molecule has 1 aromatic carbocycles. The average Bonchev–Trinajstić information content (AvgIpc) is 3.28. The van der Waals surface area contributed by atoms with Crippen molar-refractivity contribution in [3.8, 4) is 0 Å². The van der Waals surface area contributed by atoms with Gasteiger partial charge in [-0.15, -0.1) is 0 Å². The average molecular weight is 477 g/mol. The normalized spacial score (nSPS) is 37.9. The summed E-state index contributed by atoms with van der Waals surface area (Å²) in [6, 6.07) is 5.55. The van der Waals surface area contributed by atoms with Crippen molar-refractivity contribution in [1.29, 1.82) is 0 Å². The fraction of sp³-hybridized carbons (Fsp3) is 0.636. The van der Waals surface area contributed by atoms with E-state index in [-0.39, 0.29) is 59.2 Å². The first-order chi connectivity index (χ1) is 14.1. The molecule has 3 unspecified atom stereocenters. The second kappa shape index (κ2) is 6.30. The molecule has 0 radical (unpaired) electrons. The van der Waals surface area contributed by atoms with Crippen molar-refractivity contribution in [2.75, 3.05) is 0 Å². The molecule has 160 valence electrons. The molecule has 0 aromatic heterocycles. The van der Waals surface area contributed by atoms with Gasteiger partial charge in [0.2, 0.25) is 0 Å². The van der Waals surface area contributed by atoms with Gasteiger partial charge < -0.3 is 0 Å². The number of carbonyl (C=O) groups is 2. The first-order valence-corrected chi connectivity index (χ1v) is 12.3. The van der Waals surface area contributed by atoms with Gasteiger partial charge in [0.1, 0.15) is 0 Å². The number of nitro groups is 1. The molecule has 7 nitrogen and oxygen atoms in total. The molecule has 1 spiro atoms. The Kier molecular flexibility index (Phi) is 4.20. The summed E-state index contributed by atoms with van der Waals surface area (Å²) in [5.41, 5.74) is 0.773. The van der Waals surface area contributed by atoms with Gasteiger partial charge in [-0.3, -0.25) is 0 Å². The number of amides is 1. The molecule has 4 aliphatic rings. The number of non-ortho nitro benzene ring substituents is 1. The van der Waals surface area contributed by atoms with Crippen molar-refractivity contribution in [2.45, 2.75) is 68.4 Å². The number of nitrogens with zero attached hydrogens (tertiary/aromatic N) is 2. The van der Waals surface area contributed by atoms with Gasteiger partial charge in [-0.2, -0.15) is 0 Å². The Hall–Kier alpha value is -1.92. The van der Waals surface area contributed by atoms with Crippen molar-refractivity contribution in [2.24, 2.45) is 16.7 Å². The summed E-state index contributed by atoms with van der Waals surface area (Å²) in [6.45, 7) is 6.99. The molecule has 30 heavy (non-hydrogen) atoms. The number of β-lactam (4-membered cyclic amide) rings is 1. The molecule has 1 amide bonds. The molecule has 2 saturated carbocycles. The topological polar surface area (TPSA) is 89.8 Å². The zero-order chi connectivity index (χ0) is 21.5. The quantitative estimate of drug-likeness (QED) is 0.218. The Bertz CT molecular complexity index is 941. The Morgan fingerprint density at radius 2 is 2.00 bits per heavy atom. The number of hydrogen-bond donors (Lipinski definition) is 0. The Balaban J connectivity index is 1.43. The monoisotopic (exact) mass is 478 g/mol. The minimum atomic E-state index is -0.507. The summed E-state index contributed by atoms with van der Waals surface area (Å²) >= 11 is 0.172. The molecule has 8 heteroatoms. The van der Waals surface area contributed by atoms with Gasteiger partial charge in [-0.1, -0.05) is 0 Å². The van der Waals surface area contributed by atoms with Crippen LogP contribution in [-0.4, -0.2) is 47.6 Å². The van der Waals surface area contributed by atoms with E-state index in [1.165, 1.54) is 18.6 Å². The Labute approximate surface area is 181 Å². The van der Waals surface area contributed by atoms with E-state index < -0.39 is 11.0 Å². The predicted molar refractivity (Wildman–Crippen MR) is 110 cm³/mol. The van der Waals surface area contributed by atoms with E-state index in [9.17, 15) is 19.7 Å². The minimum absolute atomic E-state index is 0.00529. The van der Waals surface area contributed by atoms with Gasteiger partial charge in [-0.25, -0.2) is 0 Å². The molecule has 1 aromatic rings. The number of carbonyl (C=O) groups excluding carboxylic acids is 2. The number of benzene rings is 1. The standard InChI is InChI=1S/C22H26N2O5Se/c1-20(2)14-8-9-21(3,11-14)22(20)18(23-16(25)10-17(23)30-22)19(26)29-12-13-4-6-15(7-5-13)24(27)28/h4-7,14,17-18H,8-12H2,1-3H3/t14?,17-,18+,21?,22?/m1/s1. The summed E-state index contributed by atoms with van der Waals surface area (Å²) < 4.78 is 5.56. The number of nitro benzene ring substituents is 1. The summed E-state index contributed by atoms with van der Waals surface area (Å²) in [7, 11) is 0. The zero-order valence-corrected chi connectivity index (χ0v) is 19.1. The van der Waals surface area contributed by atoms with Crippen molar-refractivity contribution in [3.63, 3.8) is 0 Å². The first-order valence-electron chi connectivity index (χ1n) is 10.5. The molecule has 2 aliphatic heterocycles. The van der Waals surface area contributed by atoms with Gasteiger partial charge in [0, 0.05) is 0 Å². The molecular formula is C22H26N2O5Se. The van der Waals surface area contributed by atoms with Crippen LogP contribution in [0.25, 0.3) is 0 Å². The van der Waals surface area contributed by atoms with E-state index in [1.54, 1.807) is 12.1 Å². The van der Waals surface area contributed by atoms with Crippen molar-refractivity contribution < 1.29 is 19.2 Å². The van der Waals surface area contributed by atoms with E-state index >= 15 is 0 Å². The van der Waals surface area contributed by atoms with Gasteiger partial charge >= 0.3 is 182 Å². The van der Waals surface area contributed by atoms with Crippen LogP contribution < -0.4 is 0 Å². The summed E-state index contributed by atoms with van der Waals surface area (Å²) in [5, 5.41) is 10.8. The van der Waals surface area contributed by atoms with Crippen LogP contribution >= 0.6 is 0 Å². The van der Waals surface area contributed by atoms with Crippen LogP contribution in [0.2, 0.25) is 4.31 Å². The second-order valence-electron chi connectivity index (χ2n) is 9.97. The Morgan fingerprint density at radius 3 is 2.57 bits per heavy atom. The third-order valence-electron chi connectivity index (χ3n) is 8.30. The molecule has 2 heterocycles. The third kappa shape index (κ3) is 2.38. The molecule has 5 rings (SSSR count). The van der Waals surface area contributed by atoms with Crippen LogP contribution in [0.1, 0.15) is 52.0 Å². The molecule has 2 saturated heterocycles. The third-order valence-corrected chi connectivity index (χ3v) is 13.1. The Morgan fingerprint density at radius 1 is 1.30 bits per heavy atom. The molecule has 0 N–H and O–H groups in total. The van der Waals surface area contributed by atoms with Crippen LogP contribution in [0, 0.1) is 26.9 Å². The van der Waals surface area contributed by atoms with Gasteiger partial charge in [0.25, 0.3) is 0 Å². The predicted octanol–water partition coefficient (Wildman–Crippen LogP) is 3.29. The van der Waals surface area contributed by atoms with Gasteiger partial charge in [0.05, 0.1) is 0 Å². The van der Waals surface area contributed by atoms with Crippen LogP contribution in [0.15, 0.2) is 24.3 Å². The van der Waals surface area contributed by atoms with Crippen LogP contribution in [0.5, 0.6) is 0 Å². The van der Waals surface area contributed by atoms with E-state index in [0.717, 1.165) is 12.8 Å². The van der Waals surface area contributed by atoms with E-state index in [4.69, 9.17) is 4.74 Å². The van der Waals surface area contributed by atoms with Crippen LogP contribution in [-0.2, 0) is 20.9 Å². The molecule has 4 fully saturated rings. The van der Waals surface area contributed by atoms with E-state index in [1.807, 2.05) is 4.90 Å². The fourth-order valence-electron chi connectivity index (χ4n) is 6.76. The van der Waals surface area contributed by atoms with Crippen LogP contribution in [0.4, 0.5) is 5.69 Å². The van der Waals surface area contributed by atoms with Crippen molar-refractivity contribution >= 4 is 32.5 Å². The molecule has 2 bridgehead atoms. The zero-order valence-electron chi connectivity index (χ0n) is 17.4. The first kappa shape index (κ1) is 20.0. The van der Waals surface area contributed by atoms with Gasteiger partial charge in [-0.05, 0) is 0 Å². The number of rotatable bonds is 4. The summed E-state index contributed by atoms with van der Waals surface area (Å²) in [5.74, 6) is 0.342. The van der Waals surface area contributed by atoms with Crippen LogP contribution in [0.3, 0.4) is 0 Å². The SMILES string of the molecule is CC12CCC(C1)C(C)(C)C21[Se][C@@H]2CC(=O)N2[C@H]1C(=O)OCc1ccc([N+](=O)[O-])cc1. The molecule has 5 atom stereocenters. The van der Waals surface area contributed by atoms with Gasteiger partial charge in [0.15, 0.2) is 0 Å². The van der Waals surface area contributed by atoms with E-state index in [2.05, 4.69) is 20.8 Å². The fourth-order valence-corrected chi connectivity index (χ4v) is 11.6. The van der Waals surface area contributed by atoms with Crippen molar-refractivity contribution in [1.82, 2.24) is 4.90 Å². The van der Waals surface area contributed by atoms with E-state index in [0.29, 0.717) is 17.9 Å². The summed E-state index contributed by atoms with van der Waals surface area (Å²) in [6.07, 6.45) is 4.00. The maximum atomic E-state index is 13.5. The second-order valence-corrected chi connectivity index (χ2v) is 13.0. The van der Waals surface area contributed by atoms with Crippen molar-refractivity contribution in [3.05, 3.63) is 39.9 Å². The number of ether oxygens (including phenoxy) is 1. The molecular weight excluding hydrogens is 451 g/mol. The number of esters is 1.